The van der Waals surface area contributed by atoms with Gasteiger partial charge in [-0.15, -0.1) is 0 Å². The number of carbonyl (C=O) groups is 2. The summed E-state index contributed by atoms with van der Waals surface area (Å²) in [5, 5.41) is 3.67. The monoisotopic (exact) mass is 379 g/mol. The Labute approximate surface area is 162 Å². The minimum atomic E-state index is -0.366. The lowest BCUT2D eigenvalue weighted by Gasteiger charge is -2.22. The Kier molecular flexibility index (Phi) is 5.74. The summed E-state index contributed by atoms with van der Waals surface area (Å²) >= 11 is 0. The van der Waals surface area contributed by atoms with Crippen molar-refractivity contribution in [3.05, 3.63) is 54.7 Å². The Morgan fingerprint density at radius 3 is 2.57 bits per heavy atom. The van der Waals surface area contributed by atoms with Gasteiger partial charge in [0.15, 0.2) is 0 Å². The van der Waals surface area contributed by atoms with Crippen LogP contribution in [0.25, 0.3) is 10.9 Å². The number of carbonyl (C=O) groups excluding carboxylic acids is 2. The fraction of sp³-hybridized carbons (Fsp3) is 0.190. The number of amides is 2. The summed E-state index contributed by atoms with van der Waals surface area (Å²) in [5.74, 6) is 0.453. The number of aromatic nitrogens is 1. The van der Waals surface area contributed by atoms with Gasteiger partial charge in [-0.05, 0) is 24.3 Å². The molecule has 0 spiro atoms. The van der Waals surface area contributed by atoms with Gasteiger partial charge < -0.3 is 19.7 Å². The van der Waals surface area contributed by atoms with E-state index in [1.807, 2.05) is 24.3 Å². The smallest absolute Gasteiger partial charge is 0.244 e. The molecule has 2 aromatic carbocycles. The summed E-state index contributed by atoms with van der Waals surface area (Å²) in [5.41, 5.74) is 1.71. The minimum absolute atomic E-state index is 0.161. The van der Waals surface area contributed by atoms with E-state index in [1.54, 1.807) is 37.6 Å². The standard InChI is InChI=1S/C21H21N3O4/c1-14(25)24(18-8-4-6-15-7-5-11-22-21(15)18)13-20(26)23-17-12-16(27-2)9-10-19(17)28-3/h4-12H,13H2,1-3H3,(H,23,26). The Hall–Kier alpha value is -3.61. The molecule has 28 heavy (non-hydrogen) atoms. The topological polar surface area (TPSA) is 80.8 Å². The lowest BCUT2D eigenvalue weighted by atomic mass is 10.1. The zero-order chi connectivity index (χ0) is 20.1. The van der Waals surface area contributed by atoms with Gasteiger partial charge in [-0.1, -0.05) is 18.2 Å². The summed E-state index contributed by atoms with van der Waals surface area (Å²) < 4.78 is 10.5. The van der Waals surface area contributed by atoms with Gasteiger partial charge in [-0.25, -0.2) is 0 Å². The van der Waals surface area contributed by atoms with Crippen molar-refractivity contribution in [1.29, 1.82) is 0 Å². The van der Waals surface area contributed by atoms with Crippen LogP contribution in [0.2, 0.25) is 0 Å². The quantitative estimate of drug-likeness (QED) is 0.711. The van der Waals surface area contributed by atoms with Gasteiger partial charge in [-0.2, -0.15) is 0 Å². The molecule has 0 aliphatic heterocycles. The predicted molar refractivity (Wildman–Crippen MR) is 108 cm³/mol. The second-order valence-electron chi connectivity index (χ2n) is 6.07. The van der Waals surface area contributed by atoms with Crippen LogP contribution in [-0.2, 0) is 9.59 Å². The van der Waals surface area contributed by atoms with Crippen LogP contribution < -0.4 is 19.7 Å². The Bertz CT molecular complexity index is 1010. The number of hydrogen-bond acceptors (Lipinski definition) is 5. The van der Waals surface area contributed by atoms with Gasteiger partial charge in [0, 0.05) is 24.6 Å². The molecule has 3 aromatic rings. The van der Waals surface area contributed by atoms with Crippen LogP contribution >= 0.6 is 0 Å². The molecule has 0 atom stereocenters. The normalized spacial score (nSPS) is 10.4. The molecule has 0 unspecified atom stereocenters. The lowest BCUT2D eigenvalue weighted by Crippen LogP contribution is -2.37. The molecule has 0 aliphatic rings. The number of nitrogens with one attached hydrogen (secondary N) is 1. The molecule has 7 nitrogen and oxygen atoms in total. The Balaban J connectivity index is 1.87. The van der Waals surface area contributed by atoms with Crippen LogP contribution in [0.15, 0.2) is 54.7 Å². The molecule has 0 aliphatic carbocycles. The van der Waals surface area contributed by atoms with Crippen molar-refractivity contribution in [3.8, 4) is 11.5 Å². The first-order valence-corrected chi connectivity index (χ1v) is 8.67. The third-order valence-corrected chi connectivity index (χ3v) is 4.26. The first kappa shape index (κ1) is 19.2. The van der Waals surface area contributed by atoms with E-state index >= 15 is 0 Å². The molecular formula is C21H21N3O4. The number of pyridine rings is 1. The highest BCUT2D eigenvalue weighted by molar-refractivity contribution is 6.06. The maximum atomic E-state index is 12.7. The molecule has 2 amide bonds. The molecule has 1 N–H and O–H groups in total. The van der Waals surface area contributed by atoms with E-state index in [1.165, 1.54) is 18.9 Å². The summed E-state index contributed by atoms with van der Waals surface area (Å²) in [4.78, 5) is 30.7. The van der Waals surface area contributed by atoms with Crippen molar-refractivity contribution >= 4 is 34.1 Å². The molecule has 1 aromatic heterocycles. The van der Waals surface area contributed by atoms with E-state index < -0.39 is 0 Å². The van der Waals surface area contributed by atoms with Crippen molar-refractivity contribution in [1.82, 2.24) is 4.98 Å². The molecule has 0 saturated carbocycles. The molecule has 0 bridgehead atoms. The van der Waals surface area contributed by atoms with Crippen molar-refractivity contribution in [2.75, 3.05) is 31.0 Å². The predicted octanol–water partition coefficient (Wildman–Crippen LogP) is 3.24. The zero-order valence-corrected chi connectivity index (χ0v) is 15.9. The molecule has 3 rings (SSSR count). The maximum absolute atomic E-state index is 12.7. The SMILES string of the molecule is COc1ccc(OC)c(NC(=O)CN(C(C)=O)c2cccc3cccnc23)c1. The number of para-hydroxylation sites is 1. The van der Waals surface area contributed by atoms with Crippen LogP contribution in [-0.4, -0.2) is 37.6 Å². The van der Waals surface area contributed by atoms with Crippen LogP contribution in [0.1, 0.15) is 6.92 Å². The third-order valence-electron chi connectivity index (χ3n) is 4.26. The molecule has 144 valence electrons. The maximum Gasteiger partial charge on any atom is 0.244 e. The Morgan fingerprint density at radius 2 is 1.86 bits per heavy atom. The van der Waals surface area contributed by atoms with E-state index in [0.717, 1.165) is 5.39 Å². The number of methoxy groups -OCH3 is 2. The van der Waals surface area contributed by atoms with Crippen molar-refractivity contribution in [2.45, 2.75) is 6.92 Å². The van der Waals surface area contributed by atoms with Gasteiger partial charge in [0.1, 0.15) is 18.0 Å². The van der Waals surface area contributed by atoms with Crippen molar-refractivity contribution in [3.63, 3.8) is 0 Å². The van der Waals surface area contributed by atoms with Gasteiger partial charge >= 0.3 is 0 Å². The molecule has 7 heteroatoms. The van der Waals surface area contributed by atoms with E-state index in [9.17, 15) is 9.59 Å². The molecule has 0 fully saturated rings. The van der Waals surface area contributed by atoms with Crippen LogP contribution in [0, 0.1) is 0 Å². The van der Waals surface area contributed by atoms with Gasteiger partial charge in [0.2, 0.25) is 11.8 Å². The molecular weight excluding hydrogens is 358 g/mol. The summed E-state index contributed by atoms with van der Waals surface area (Å²) in [6.07, 6.45) is 1.66. The summed E-state index contributed by atoms with van der Waals surface area (Å²) in [6.45, 7) is 1.26. The first-order valence-electron chi connectivity index (χ1n) is 8.67. The largest absolute Gasteiger partial charge is 0.497 e. The van der Waals surface area contributed by atoms with E-state index in [2.05, 4.69) is 10.3 Å². The van der Waals surface area contributed by atoms with Crippen LogP contribution in [0.4, 0.5) is 11.4 Å². The second-order valence-corrected chi connectivity index (χ2v) is 6.07. The average molecular weight is 379 g/mol. The number of ether oxygens (including phenoxy) is 2. The molecule has 1 heterocycles. The summed E-state index contributed by atoms with van der Waals surface area (Å²) in [6, 6.07) is 14.3. The molecule has 0 saturated heterocycles. The van der Waals surface area contributed by atoms with Gasteiger partial charge in [0.25, 0.3) is 0 Å². The van der Waals surface area contributed by atoms with Crippen LogP contribution in [0.3, 0.4) is 0 Å². The summed E-state index contributed by atoms with van der Waals surface area (Å²) in [7, 11) is 3.06. The minimum Gasteiger partial charge on any atom is -0.497 e. The van der Waals surface area contributed by atoms with E-state index in [-0.39, 0.29) is 18.4 Å². The van der Waals surface area contributed by atoms with Crippen molar-refractivity contribution < 1.29 is 19.1 Å². The average Bonchev–Trinajstić information content (AvgIpc) is 2.71. The highest BCUT2D eigenvalue weighted by Gasteiger charge is 2.19. The van der Waals surface area contributed by atoms with E-state index in [0.29, 0.717) is 28.4 Å². The first-order chi connectivity index (χ1) is 13.5. The second kappa shape index (κ2) is 8.39. The fourth-order valence-electron chi connectivity index (χ4n) is 2.92. The fourth-order valence-corrected chi connectivity index (χ4v) is 2.92. The van der Waals surface area contributed by atoms with E-state index in [4.69, 9.17) is 9.47 Å². The number of benzene rings is 2. The highest BCUT2D eigenvalue weighted by atomic mass is 16.5. The van der Waals surface area contributed by atoms with Crippen LogP contribution in [0.5, 0.6) is 11.5 Å². The number of rotatable bonds is 6. The molecule has 0 radical (unpaired) electrons. The highest BCUT2D eigenvalue weighted by Crippen LogP contribution is 2.29. The number of nitrogens with zero attached hydrogens (tertiary/aromatic N) is 2. The van der Waals surface area contributed by atoms with Gasteiger partial charge in [0.05, 0.1) is 31.1 Å². The number of anilines is 2. The van der Waals surface area contributed by atoms with Crippen molar-refractivity contribution in [2.24, 2.45) is 0 Å². The third kappa shape index (κ3) is 4.03. The zero-order valence-electron chi connectivity index (χ0n) is 15.9. The number of hydrogen-bond donors (Lipinski definition) is 1. The van der Waals surface area contributed by atoms with Gasteiger partial charge in [-0.3, -0.25) is 14.6 Å². The lowest BCUT2D eigenvalue weighted by molar-refractivity contribution is -0.120. The number of fused-ring (bicyclic) bond motifs is 1. The Morgan fingerprint density at radius 1 is 1.07 bits per heavy atom.